The summed E-state index contributed by atoms with van der Waals surface area (Å²) in [5.74, 6) is -1.37. The number of carbonyl (C=O) groups is 2. The second-order valence-corrected chi connectivity index (χ2v) is 5.17. The minimum atomic E-state index is -1.67. The zero-order valence-corrected chi connectivity index (χ0v) is 11.8. The van der Waals surface area contributed by atoms with Crippen LogP contribution in [0.2, 0.25) is 0 Å². The molecule has 1 aliphatic carbocycles. The number of imide groups is 1. The maximum Gasteiger partial charge on any atom is 0.250 e. The first-order valence-electron chi connectivity index (χ1n) is 6.43. The molecule has 1 aliphatic heterocycles. The maximum atomic E-state index is 12.0. The lowest BCUT2D eigenvalue weighted by atomic mass is 9.98. The molecule has 2 fully saturated rings. The van der Waals surface area contributed by atoms with E-state index in [9.17, 15) is 20.1 Å². The molecule has 0 spiro atoms. The molecule has 2 aliphatic rings. The molecule has 1 aromatic rings. The van der Waals surface area contributed by atoms with Gasteiger partial charge in [-0.1, -0.05) is 6.07 Å². The summed E-state index contributed by atoms with van der Waals surface area (Å²) >= 11 is 0. The predicted molar refractivity (Wildman–Crippen MR) is 71.5 cm³/mol. The highest BCUT2D eigenvalue weighted by atomic mass is 16.5. The Bertz CT molecular complexity index is 753. The van der Waals surface area contributed by atoms with E-state index in [4.69, 9.17) is 9.47 Å². The van der Waals surface area contributed by atoms with Crippen LogP contribution in [0.25, 0.3) is 0 Å². The summed E-state index contributed by atoms with van der Waals surface area (Å²) < 4.78 is 10.3. The maximum absolute atomic E-state index is 12.0. The average Bonchev–Trinajstić information content (AvgIpc) is 3.11. The van der Waals surface area contributed by atoms with Gasteiger partial charge in [-0.15, -0.1) is 0 Å². The van der Waals surface area contributed by atoms with E-state index in [0.717, 1.165) is 0 Å². The molecule has 2 unspecified atom stereocenters. The summed E-state index contributed by atoms with van der Waals surface area (Å²) in [6, 6.07) is 8.57. The fourth-order valence-electron chi connectivity index (χ4n) is 3.33. The monoisotopic (exact) mass is 297 g/mol. The predicted octanol–water partition coefficient (Wildman–Crippen LogP) is 0.477. The van der Waals surface area contributed by atoms with Gasteiger partial charge in [-0.2, -0.15) is 10.5 Å². The van der Waals surface area contributed by atoms with Crippen LogP contribution in [0.15, 0.2) is 18.2 Å². The van der Waals surface area contributed by atoms with Gasteiger partial charge >= 0.3 is 0 Å². The van der Waals surface area contributed by atoms with Gasteiger partial charge in [-0.3, -0.25) is 14.9 Å². The van der Waals surface area contributed by atoms with Gasteiger partial charge < -0.3 is 9.47 Å². The highest BCUT2D eigenvalue weighted by Gasteiger charge is 2.90. The number of rotatable bonds is 3. The molecule has 1 saturated carbocycles. The van der Waals surface area contributed by atoms with Crippen LogP contribution in [0.1, 0.15) is 11.5 Å². The zero-order chi connectivity index (χ0) is 16.1. The molecule has 1 aromatic carbocycles. The number of fused-ring (bicyclic) bond motifs is 1. The number of benzene rings is 1. The second-order valence-electron chi connectivity index (χ2n) is 5.17. The van der Waals surface area contributed by atoms with E-state index in [1.807, 2.05) is 12.1 Å². The lowest BCUT2D eigenvalue weighted by Gasteiger charge is -2.12. The first-order valence-corrected chi connectivity index (χ1v) is 6.43. The molecule has 1 saturated heterocycles. The van der Waals surface area contributed by atoms with Gasteiger partial charge in [0, 0.05) is 5.92 Å². The first kappa shape index (κ1) is 13.9. The number of nitrogens with zero attached hydrogens (tertiary/aromatic N) is 2. The zero-order valence-electron chi connectivity index (χ0n) is 11.8. The van der Waals surface area contributed by atoms with Crippen LogP contribution in [0.3, 0.4) is 0 Å². The summed E-state index contributed by atoms with van der Waals surface area (Å²) in [6.07, 6.45) is 0. The number of nitriles is 2. The second kappa shape index (κ2) is 4.22. The number of hydrogen-bond donors (Lipinski definition) is 1. The van der Waals surface area contributed by atoms with Crippen LogP contribution in [-0.4, -0.2) is 26.0 Å². The van der Waals surface area contributed by atoms with Crippen molar-refractivity contribution < 1.29 is 19.1 Å². The summed E-state index contributed by atoms with van der Waals surface area (Å²) in [5.41, 5.74) is -2.82. The normalized spacial score (nSPS) is 31.5. The van der Waals surface area contributed by atoms with Crippen LogP contribution in [0.4, 0.5) is 0 Å². The third kappa shape index (κ3) is 1.24. The van der Waals surface area contributed by atoms with E-state index in [1.165, 1.54) is 14.2 Å². The molecule has 0 radical (unpaired) electrons. The Labute approximate surface area is 126 Å². The van der Waals surface area contributed by atoms with Gasteiger partial charge in [-0.05, 0) is 17.7 Å². The molecule has 1 heterocycles. The van der Waals surface area contributed by atoms with Crippen molar-refractivity contribution in [2.75, 3.05) is 14.2 Å². The van der Waals surface area contributed by atoms with Gasteiger partial charge in [0.2, 0.25) is 11.8 Å². The molecule has 1 N–H and O–H groups in total. The standard InChI is InChI=1S/C15H11N3O4/c1-21-9-4-3-8(5-10(9)22-2)11-14(6-16)12(19)18-13(20)15(11,14)7-17/h3-5,11H,1-2H3,(H,18,19,20). The van der Waals surface area contributed by atoms with E-state index in [1.54, 1.807) is 18.2 Å². The molecular formula is C15H11N3O4. The highest BCUT2D eigenvalue weighted by molar-refractivity contribution is 6.19. The Hall–Kier alpha value is -3.06. The van der Waals surface area contributed by atoms with Crippen molar-refractivity contribution in [1.29, 1.82) is 10.5 Å². The molecule has 0 bridgehead atoms. The molecule has 110 valence electrons. The van der Waals surface area contributed by atoms with Crippen molar-refractivity contribution in [3.63, 3.8) is 0 Å². The first-order chi connectivity index (χ1) is 10.5. The van der Waals surface area contributed by atoms with E-state index >= 15 is 0 Å². The van der Waals surface area contributed by atoms with Gasteiger partial charge in [0.25, 0.3) is 0 Å². The number of ether oxygens (including phenoxy) is 2. The Kier molecular flexibility index (Phi) is 2.66. The van der Waals surface area contributed by atoms with Crippen LogP contribution >= 0.6 is 0 Å². The smallest absolute Gasteiger partial charge is 0.250 e. The largest absolute Gasteiger partial charge is 0.493 e. The van der Waals surface area contributed by atoms with Crippen molar-refractivity contribution in [2.24, 2.45) is 10.8 Å². The number of carbonyl (C=O) groups excluding carboxylic acids is 2. The molecule has 3 rings (SSSR count). The third-order valence-corrected chi connectivity index (χ3v) is 4.44. The molecule has 7 heteroatoms. The number of amides is 2. The Morgan fingerprint density at radius 3 is 2.05 bits per heavy atom. The number of nitrogens with one attached hydrogen (secondary N) is 1. The molecule has 7 nitrogen and oxygen atoms in total. The summed E-state index contributed by atoms with van der Waals surface area (Å²) in [4.78, 5) is 24.1. The van der Waals surface area contributed by atoms with E-state index < -0.39 is 28.6 Å². The van der Waals surface area contributed by atoms with Crippen molar-refractivity contribution >= 4 is 11.8 Å². The topological polar surface area (TPSA) is 112 Å². The number of piperidine rings is 1. The average molecular weight is 297 g/mol. The molecule has 22 heavy (non-hydrogen) atoms. The van der Waals surface area contributed by atoms with Crippen molar-refractivity contribution in [3.05, 3.63) is 23.8 Å². The third-order valence-electron chi connectivity index (χ3n) is 4.44. The van der Waals surface area contributed by atoms with Crippen molar-refractivity contribution in [1.82, 2.24) is 5.32 Å². The Morgan fingerprint density at radius 1 is 1.05 bits per heavy atom. The molecule has 2 atom stereocenters. The Balaban J connectivity index is 2.15. The SMILES string of the molecule is COc1ccc(C2C3(C#N)C(=O)NC(=O)C23C#N)cc1OC. The molecular weight excluding hydrogens is 286 g/mol. The van der Waals surface area contributed by atoms with E-state index in [2.05, 4.69) is 5.32 Å². The van der Waals surface area contributed by atoms with Gasteiger partial charge in [0.15, 0.2) is 22.3 Å². The fourth-order valence-corrected chi connectivity index (χ4v) is 3.33. The van der Waals surface area contributed by atoms with Gasteiger partial charge in [0.1, 0.15) is 0 Å². The van der Waals surface area contributed by atoms with Crippen LogP contribution < -0.4 is 14.8 Å². The summed E-state index contributed by atoms with van der Waals surface area (Å²) in [6.45, 7) is 0. The highest BCUT2D eigenvalue weighted by Crippen LogP contribution is 2.76. The van der Waals surface area contributed by atoms with Crippen LogP contribution in [0.5, 0.6) is 11.5 Å². The van der Waals surface area contributed by atoms with Crippen molar-refractivity contribution in [2.45, 2.75) is 5.92 Å². The number of methoxy groups -OCH3 is 2. The lowest BCUT2D eigenvalue weighted by Crippen LogP contribution is -2.31. The summed E-state index contributed by atoms with van der Waals surface area (Å²) in [5, 5.41) is 21.0. The van der Waals surface area contributed by atoms with Crippen LogP contribution in [-0.2, 0) is 9.59 Å². The minimum Gasteiger partial charge on any atom is -0.493 e. The fraction of sp³-hybridized carbons (Fsp3) is 0.333. The van der Waals surface area contributed by atoms with E-state index in [0.29, 0.717) is 17.1 Å². The van der Waals surface area contributed by atoms with Gasteiger partial charge in [-0.25, -0.2) is 0 Å². The van der Waals surface area contributed by atoms with Crippen molar-refractivity contribution in [3.8, 4) is 23.6 Å². The molecule has 2 amide bonds. The van der Waals surface area contributed by atoms with Gasteiger partial charge in [0.05, 0.1) is 26.4 Å². The molecule has 0 aromatic heterocycles. The quantitative estimate of drug-likeness (QED) is 0.812. The summed E-state index contributed by atoms with van der Waals surface area (Å²) in [7, 11) is 2.93. The van der Waals surface area contributed by atoms with Crippen LogP contribution in [0, 0.1) is 33.5 Å². The Morgan fingerprint density at radius 2 is 1.59 bits per heavy atom. The minimum absolute atomic E-state index is 0.402. The van der Waals surface area contributed by atoms with E-state index in [-0.39, 0.29) is 0 Å². The number of hydrogen-bond acceptors (Lipinski definition) is 6. The lowest BCUT2D eigenvalue weighted by molar-refractivity contribution is -0.128.